The maximum Gasteiger partial charge on any atom is 0.377 e. The third kappa shape index (κ3) is 5.47. The van der Waals surface area contributed by atoms with Gasteiger partial charge in [0.15, 0.2) is 6.61 Å². The average molecular weight is 400 g/mol. The van der Waals surface area contributed by atoms with Crippen molar-refractivity contribution in [1.82, 2.24) is 10.1 Å². The van der Waals surface area contributed by atoms with E-state index in [1.807, 2.05) is 0 Å². The fourth-order valence-corrected chi connectivity index (χ4v) is 2.14. The molecule has 1 N–H and O–H groups in total. The van der Waals surface area contributed by atoms with Gasteiger partial charge < -0.3 is 19.5 Å². The van der Waals surface area contributed by atoms with Crippen molar-refractivity contribution in [3.05, 3.63) is 45.8 Å². The van der Waals surface area contributed by atoms with Crippen molar-refractivity contribution in [3.63, 3.8) is 0 Å². The van der Waals surface area contributed by atoms with E-state index < -0.39 is 24.4 Å². The van der Waals surface area contributed by atoms with Gasteiger partial charge >= 0.3 is 5.97 Å². The van der Waals surface area contributed by atoms with Crippen molar-refractivity contribution in [3.8, 4) is 0 Å². The zero-order chi connectivity index (χ0) is 19.3. The van der Waals surface area contributed by atoms with Crippen LogP contribution < -0.4 is 5.32 Å². The van der Waals surface area contributed by atoms with Crippen LogP contribution >= 0.6 is 23.2 Å². The third-order valence-corrected chi connectivity index (χ3v) is 3.90. The number of halogens is 2. The molecule has 0 saturated carbocycles. The first-order valence-electron chi connectivity index (χ1n) is 7.35. The van der Waals surface area contributed by atoms with Crippen LogP contribution in [0.25, 0.3) is 0 Å². The Bertz CT molecular complexity index is 837. The van der Waals surface area contributed by atoms with Gasteiger partial charge in [-0.1, -0.05) is 28.4 Å². The summed E-state index contributed by atoms with van der Waals surface area (Å²) in [7, 11) is 1.41. The van der Waals surface area contributed by atoms with Gasteiger partial charge in [0.05, 0.1) is 22.3 Å². The topological polar surface area (TPSA) is 102 Å². The molecule has 0 bridgehead atoms. The van der Waals surface area contributed by atoms with Crippen LogP contribution in [0.2, 0.25) is 10.0 Å². The molecule has 26 heavy (non-hydrogen) atoms. The summed E-state index contributed by atoms with van der Waals surface area (Å²) >= 11 is 11.7. The van der Waals surface area contributed by atoms with Crippen molar-refractivity contribution in [2.45, 2.75) is 6.92 Å². The van der Waals surface area contributed by atoms with E-state index in [0.717, 1.165) is 4.90 Å². The van der Waals surface area contributed by atoms with Crippen LogP contribution in [0.4, 0.5) is 5.69 Å². The molecule has 2 amide bonds. The monoisotopic (exact) mass is 399 g/mol. The minimum Gasteiger partial charge on any atom is -0.450 e. The van der Waals surface area contributed by atoms with E-state index in [1.165, 1.54) is 19.2 Å². The fraction of sp³-hybridized carbons (Fsp3) is 0.250. The Morgan fingerprint density at radius 1 is 1.23 bits per heavy atom. The van der Waals surface area contributed by atoms with E-state index in [0.29, 0.717) is 21.4 Å². The number of nitrogens with one attached hydrogen (secondary N) is 1. The number of anilines is 1. The number of benzene rings is 1. The number of esters is 1. The van der Waals surface area contributed by atoms with E-state index in [4.69, 9.17) is 32.5 Å². The molecule has 1 aromatic heterocycles. The van der Waals surface area contributed by atoms with Crippen molar-refractivity contribution < 1.29 is 23.6 Å². The number of carbonyl (C=O) groups excluding carboxylic acids is 3. The number of aryl methyl sites for hydroxylation is 1. The Labute approximate surface area is 159 Å². The molecule has 1 aromatic carbocycles. The quantitative estimate of drug-likeness (QED) is 0.748. The molecule has 0 fully saturated rings. The zero-order valence-electron chi connectivity index (χ0n) is 13.9. The van der Waals surface area contributed by atoms with E-state index in [-0.39, 0.29) is 12.3 Å². The first-order valence-corrected chi connectivity index (χ1v) is 8.11. The predicted octanol–water partition coefficient (Wildman–Crippen LogP) is 2.54. The van der Waals surface area contributed by atoms with Gasteiger partial charge in [-0.15, -0.1) is 0 Å². The van der Waals surface area contributed by atoms with Crippen LogP contribution in [-0.4, -0.2) is 48.0 Å². The lowest BCUT2D eigenvalue weighted by Gasteiger charge is -2.16. The average Bonchev–Trinajstić information content (AvgIpc) is 3.02. The highest BCUT2D eigenvalue weighted by Crippen LogP contribution is 2.24. The van der Waals surface area contributed by atoms with Gasteiger partial charge in [0.2, 0.25) is 11.7 Å². The number of carbonyl (C=O) groups is 3. The molecule has 0 atom stereocenters. The van der Waals surface area contributed by atoms with Gasteiger partial charge in [-0.2, -0.15) is 0 Å². The maximum absolute atomic E-state index is 12.0. The summed E-state index contributed by atoms with van der Waals surface area (Å²) < 4.78 is 9.56. The molecule has 0 radical (unpaired) electrons. The van der Waals surface area contributed by atoms with E-state index in [2.05, 4.69) is 10.5 Å². The summed E-state index contributed by atoms with van der Waals surface area (Å²) in [6, 6.07) is 6.00. The molecule has 0 saturated heterocycles. The Morgan fingerprint density at radius 2 is 1.96 bits per heavy atom. The van der Waals surface area contributed by atoms with Crippen molar-refractivity contribution in [2.24, 2.45) is 0 Å². The van der Waals surface area contributed by atoms with Crippen LogP contribution in [0.15, 0.2) is 28.8 Å². The molecule has 10 heteroatoms. The number of amides is 2. The second-order valence-electron chi connectivity index (χ2n) is 5.34. The first kappa shape index (κ1) is 19.7. The second kappa shape index (κ2) is 8.68. The molecule has 0 aliphatic carbocycles. The standard InChI is InChI=1S/C16H15Cl2N3O5/c1-9-5-13(26-20-9)16(24)25-8-15(23)21(2)7-14(22)19-10-3-4-11(17)12(18)6-10/h3-6H,7-8H2,1-2H3,(H,19,22). The summed E-state index contributed by atoms with van der Waals surface area (Å²) in [5, 5.41) is 6.79. The number of aromatic nitrogens is 1. The molecule has 0 aliphatic heterocycles. The summed E-state index contributed by atoms with van der Waals surface area (Å²) in [5.41, 5.74) is 0.955. The normalized spacial score (nSPS) is 10.3. The Hall–Kier alpha value is -2.58. The van der Waals surface area contributed by atoms with Crippen LogP contribution in [0, 0.1) is 6.92 Å². The zero-order valence-corrected chi connectivity index (χ0v) is 15.4. The number of nitrogens with zero attached hydrogens (tertiary/aromatic N) is 2. The van der Waals surface area contributed by atoms with Crippen LogP contribution in [0.1, 0.15) is 16.2 Å². The number of rotatable bonds is 6. The highest BCUT2D eigenvalue weighted by Gasteiger charge is 2.18. The number of hydrogen-bond donors (Lipinski definition) is 1. The molecule has 1 heterocycles. The van der Waals surface area contributed by atoms with Gasteiger partial charge in [-0.3, -0.25) is 9.59 Å². The molecule has 0 unspecified atom stereocenters. The molecule has 138 valence electrons. The molecule has 0 spiro atoms. The summed E-state index contributed by atoms with van der Waals surface area (Å²) in [5.74, 6) is -1.92. The molecule has 0 aliphatic rings. The fourth-order valence-electron chi connectivity index (χ4n) is 1.85. The second-order valence-corrected chi connectivity index (χ2v) is 6.15. The molecular weight excluding hydrogens is 385 g/mol. The van der Waals surface area contributed by atoms with Gasteiger partial charge in [0, 0.05) is 18.8 Å². The van der Waals surface area contributed by atoms with E-state index in [9.17, 15) is 14.4 Å². The van der Waals surface area contributed by atoms with E-state index in [1.54, 1.807) is 19.1 Å². The first-order chi connectivity index (χ1) is 12.3. The lowest BCUT2D eigenvalue weighted by molar-refractivity contribution is -0.136. The molecule has 2 aromatic rings. The smallest absolute Gasteiger partial charge is 0.377 e. The van der Waals surface area contributed by atoms with Crippen LogP contribution in [0.3, 0.4) is 0 Å². The highest BCUT2D eigenvalue weighted by molar-refractivity contribution is 6.42. The molecule has 2 rings (SSSR count). The summed E-state index contributed by atoms with van der Waals surface area (Å²) in [4.78, 5) is 36.7. The van der Waals surface area contributed by atoms with Gasteiger partial charge in [-0.25, -0.2) is 4.79 Å². The lowest BCUT2D eigenvalue weighted by atomic mass is 10.3. The maximum atomic E-state index is 12.0. The van der Waals surface area contributed by atoms with Gasteiger partial charge in [0.25, 0.3) is 5.91 Å². The van der Waals surface area contributed by atoms with Crippen LogP contribution in [-0.2, 0) is 14.3 Å². The van der Waals surface area contributed by atoms with Crippen molar-refractivity contribution in [2.75, 3.05) is 25.5 Å². The van der Waals surface area contributed by atoms with Crippen molar-refractivity contribution in [1.29, 1.82) is 0 Å². The number of ether oxygens (including phenoxy) is 1. The Morgan fingerprint density at radius 3 is 2.58 bits per heavy atom. The summed E-state index contributed by atoms with van der Waals surface area (Å²) in [6.45, 7) is 0.874. The largest absolute Gasteiger partial charge is 0.450 e. The van der Waals surface area contributed by atoms with E-state index >= 15 is 0 Å². The SMILES string of the molecule is Cc1cc(C(=O)OCC(=O)N(C)CC(=O)Nc2ccc(Cl)c(Cl)c2)on1. The molecular formula is C16H15Cl2N3O5. The van der Waals surface area contributed by atoms with Crippen LogP contribution in [0.5, 0.6) is 0 Å². The van der Waals surface area contributed by atoms with Crippen molar-refractivity contribution >= 4 is 46.7 Å². The summed E-state index contributed by atoms with van der Waals surface area (Å²) in [6.07, 6.45) is 0. The minimum absolute atomic E-state index is 0.102. The minimum atomic E-state index is -0.812. The van der Waals surface area contributed by atoms with Gasteiger partial charge in [-0.05, 0) is 25.1 Å². The Balaban J connectivity index is 1.81. The van der Waals surface area contributed by atoms with Gasteiger partial charge in [0.1, 0.15) is 0 Å². The lowest BCUT2D eigenvalue weighted by Crippen LogP contribution is -2.37. The predicted molar refractivity (Wildman–Crippen MR) is 94.3 cm³/mol. The number of likely N-dealkylation sites (N-methyl/N-ethyl adjacent to an activating group) is 1. The molecule has 8 nitrogen and oxygen atoms in total. The number of hydrogen-bond acceptors (Lipinski definition) is 6. The highest BCUT2D eigenvalue weighted by atomic mass is 35.5. The Kier molecular flexibility index (Phi) is 6.59. The third-order valence-electron chi connectivity index (χ3n) is 3.17.